The van der Waals surface area contributed by atoms with E-state index in [9.17, 15) is 0 Å². The highest BCUT2D eigenvalue weighted by molar-refractivity contribution is 6.17. The molecule has 0 saturated carbocycles. The van der Waals surface area contributed by atoms with Crippen molar-refractivity contribution in [2.45, 2.75) is 0 Å². The van der Waals surface area contributed by atoms with E-state index in [-0.39, 0.29) is 0 Å². The fourth-order valence-corrected chi connectivity index (χ4v) is 7.87. The third-order valence-electron chi connectivity index (χ3n) is 10.6. The Kier molecular flexibility index (Phi) is 7.25. The predicted molar refractivity (Wildman–Crippen MR) is 224 cm³/mol. The summed E-state index contributed by atoms with van der Waals surface area (Å²) in [4.78, 5) is 0. The van der Waals surface area contributed by atoms with E-state index in [1.54, 1.807) is 0 Å². The summed E-state index contributed by atoms with van der Waals surface area (Å²) in [5.74, 6) is 0. The molecular formula is C52H34. The molecule has 0 saturated heterocycles. The van der Waals surface area contributed by atoms with Crippen LogP contribution >= 0.6 is 0 Å². The van der Waals surface area contributed by atoms with Gasteiger partial charge in [-0.05, 0) is 141 Å². The van der Waals surface area contributed by atoms with Gasteiger partial charge in [-0.25, -0.2) is 0 Å². The lowest BCUT2D eigenvalue weighted by Gasteiger charge is -2.13. The summed E-state index contributed by atoms with van der Waals surface area (Å²) in [7, 11) is 0. The molecule has 0 spiro atoms. The van der Waals surface area contributed by atoms with Gasteiger partial charge in [0.15, 0.2) is 0 Å². The van der Waals surface area contributed by atoms with Gasteiger partial charge in [0, 0.05) is 0 Å². The lowest BCUT2D eigenvalue weighted by molar-refractivity contribution is 1.56. The summed E-state index contributed by atoms with van der Waals surface area (Å²) >= 11 is 0. The molecule has 0 atom stereocenters. The summed E-state index contributed by atoms with van der Waals surface area (Å²) in [5.41, 5.74) is 12.2. The fraction of sp³-hybridized carbons (Fsp3) is 0. The van der Waals surface area contributed by atoms with E-state index in [4.69, 9.17) is 0 Å². The van der Waals surface area contributed by atoms with Crippen LogP contribution in [0.1, 0.15) is 0 Å². The first-order valence-electron chi connectivity index (χ1n) is 18.0. The van der Waals surface area contributed by atoms with Crippen molar-refractivity contribution in [1.29, 1.82) is 0 Å². The van der Waals surface area contributed by atoms with Crippen molar-refractivity contribution in [2.24, 2.45) is 0 Å². The first-order valence-corrected chi connectivity index (χ1v) is 18.0. The van der Waals surface area contributed by atoms with Gasteiger partial charge in [0.1, 0.15) is 0 Å². The van der Waals surface area contributed by atoms with Crippen molar-refractivity contribution < 1.29 is 0 Å². The van der Waals surface area contributed by atoms with Crippen molar-refractivity contribution in [3.8, 4) is 55.6 Å². The van der Waals surface area contributed by atoms with Crippen LogP contribution in [0.25, 0.3) is 98.7 Å². The number of hydrogen-bond donors (Lipinski definition) is 0. The van der Waals surface area contributed by atoms with Crippen LogP contribution < -0.4 is 0 Å². The van der Waals surface area contributed by atoms with Crippen LogP contribution in [0.3, 0.4) is 0 Å². The smallest absolute Gasteiger partial charge is 0.00987 e. The number of rotatable bonds is 5. The molecule has 0 radical (unpaired) electrons. The Labute approximate surface area is 303 Å². The number of hydrogen-bond acceptors (Lipinski definition) is 0. The van der Waals surface area contributed by atoms with Gasteiger partial charge >= 0.3 is 0 Å². The van der Waals surface area contributed by atoms with Crippen LogP contribution in [0.2, 0.25) is 0 Å². The minimum atomic E-state index is 1.21. The molecule has 0 aliphatic heterocycles. The average Bonchev–Trinajstić information content (AvgIpc) is 3.23. The Morgan fingerprint density at radius 2 is 0.558 bits per heavy atom. The van der Waals surface area contributed by atoms with Crippen LogP contribution in [-0.4, -0.2) is 0 Å². The molecule has 10 aromatic carbocycles. The van der Waals surface area contributed by atoms with Gasteiger partial charge < -0.3 is 0 Å². The van der Waals surface area contributed by atoms with Gasteiger partial charge in [0.25, 0.3) is 0 Å². The summed E-state index contributed by atoms with van der Waals surface area (Å²) in [6.45, 7) is 0. The summed E-state index contributed by atoms with van der Waals surface area (Å²) in [6.07, 6.45) is 0. The lowest BCUT2D eigenvalue weighted by atomic mass is 9.91. The number of benzene rings is 10. The monoisotopic (exact) mass is 658 g/mol. The zero-order valence-electron chi connectivity index (χ0n) is 28.6. The molecule has 0 aliphatic rings. The Bertz CT molecular complexity index is 2880. The van der Waals surface area contributed by atoms with Crippen molar-refractivity contribution in [2.75, 3.05) is 0 Å². The number of fused-ring (bicyclic) bond motifs is 6. The van der Waals surface area contributed by atoms with Gasteiger partial charge in [0.05, 0.1) is 0 Å². The molecule has 0 heterocycles. The van der Waals surface area contributed by atoms with E-state index < -0.39 is 0 Å². The van der Waals surface area contributed by atoms with E-state index in [1.807, 2.05) is 0 Å². The van der Waals surface area contributed by atoms with Crippen molar-refractivity contribution in [3.63, 3.8) is 0 Å². The second-order valence-corrected chi connectivity index (χ2v) is 13.8. The molecule has 10 rings (SSSR count). The predicted octanol–water partition coefficient (Wildman–Crippen LogP) is 14.6. The van der Waals surface area contributed by atoms with Crippen molar-refractivity contribution in [1.82, 2.24) is 0 Å². The molecule has 0 nitrogen and oxygen atoms in total. The van der Waals surface area contributed by atoms with Gasteiger partial charge in [-0.2, -0.15) is 0 Å². The zero-order chi connectivity index (χ0) is 34.4. The normalized spacial score (nSPS) is 11.5. The molecule has 52 heavy (non-hydrogen) atoms. The van der Waals surface area contributed by atoms with Crippen LogP contribution in [-0.2, 0) is 0 Å². The molecule has 0 amide bonds. The van der Waals surface area contributed by atoms with Crippen LogP contribution in [0.15, 0.2) is 206 Å². The topological polar surface area (TPSA) is 0 Å². The Hall–Kier alpha value is -6.76. The highest BCUT2D eigenvalue weighted by Gasteiger charge is 2.11. The van der Waals surface area contributed by atoms with E-state index in [2.05, 4.69) is 206 Å². The first-order chi connectivity index (χ1) is 25.7. The van der Waals surface area contributed by atoms with Gasteiger partial charge in [-0.1, -0.05) is 164 Å². The van der Waals surface area contributed by atoms with Crippen molar-refractivity contribution in [3.05, 3.63) is 206 Å². The van der Waals surface area contributed by atoms with Gasteiger partial charge in [0.2, 0.25) is 0 Å². The van der Waals surface area contributed by atoms with Gasteiger partial charge in [-0.3, -0.25) is 0 Å². The Morgan fingerprint density at radius 1 is 0.154 bits per heavy atom. The molecule has 242 valence electrons. The van der Waals surface area contributed by atoms with Crippen LogP contribution in [0.4, 0.5) is 0 Å². The standard InChI is InChI=1S/C52H34/c1-3-10-35(11-4-1)46-31-47(36-12-5-2-6-13-36)33-48(32-46)41-16-9-15-40(28-41)42-21-18-37-19-22-43(30-45(37)29-42)44-23-20-39-25-26-50-49-17-8-7-14-38(49)24-27-51(50)52(39)34-44/h1-34H. The Morgan fingerprint density at radius 3 is 1.19 bits per heavy atom. The molecule has 0 aromatic heterocycles. The lowest BCUT2D eigenvalue weighted by Crippen LogP contribution is -1.87. The molecule has 0 N–H and O–H groups in total. The maximum Gasteiger partial charge on any atom is -0.00987 e. The minimum Gasteiger partial charge on any atom is -0.0622 e. The van der Waals surface area contributed by atoms with Crippen LogP contribution in [0, 0.1) is 0 Å². The van der Waals surface area contributed by atoms with E-state index >= 15 is 0 Å². The van der Waals surface area contributed by atoms with E-state index in [1.165, 1.54) is 98.7 Å². The molecule has 0 unspecified atom stereocenters. The third-order valence-corrected chi connectivity index (χ3v) is 10.6. The molecule has 0 bridgehead atoms. The summed E-state index contributed by atoms with van der Waals surface area (Å²) < 4.78 is 0. The maximum absolute atomic E-state index is 2.37. The average molecular weight is 659 g/mol. The molecule has 0 heteroatoms. The minimum absolute atomic E-state index is 1.21. The molecule has 0 aliphatic carbocycles. The SMILES string of the molecule is c1ccc(-c2cc(-c3ccccc3)cc(-c3cccc(-c4ccc5ccc(-c6ccc7ccc8c9ccccc9ccc8c7c6)cc5c4)c3)c2)cc1. The van der Waals surface area contributed by atoms with Gasteiger partial charge in [-0.15, -0.1) is 0 Å². The molecular weight excluding hydrogens is 625 g/mol. The highest BCUT2D eigenvalue weighted by Crippen LogP contribution is 2.37. The molecule has 10 aromatic rings. The second-order valence-electron chi connectivity index (χ2n) is 13.8. The highest BCUT2D eigenvalue weighted by atomic mass is 14.1. The fourth-order valence-electron chi connectivity index (χ4n) is 7.87. The summed E-state index contributed by atoms with van der Waals surface area (Å²) in [5, 5.41) is 10.2. The van der Waals surface area contributed by atoms with Crippen molar-refractivity contribution >= 4 is 43.1 Å². The second kappa shape index (κ2) is 12.5. The quantitative estimate of drug-likeness (QED) is 0.161. The van der Waals surface area contributed by atoms with E-state index in [0.717, 1.165) is 0 Å². The zero-order valence-corrected chi connectivity index (χ0v) is 28.6. The Balaban J connectivity index is 1.04. The van der Waals surface area contributed by atoms with E-state index in [0.29, 0.717) is 0 Å². The largest absolute Gasteiger partial charge is 0.0622 e. The maximum atomic E-state index is 2.37. The first kappa shape index (κ1) is 30.1. The molecule has 0 fully saturated rings. The van der Waals surface area contributed by atoms with Crippen LogP contribution in [0.5, 0.6) is 0 Å². The third kappa shape index (κ3) is 5.43. The summed E-state index contributed by atoms with van der Waals surface area (Å²) in [6, 6.07) is 75.6.